The first-order chi connectivity index (χ1) is 9.63. The monoisotopic (exact) mass is 338 g/mol. The van der Waals surface area contributed by atoms with Gasteiger partial charge < -0.3 is 10.6 Å². The van der Waals surface area contributed by atoms with E-state index in [-0.39, 0.29) is 24.3 Å². The molecule has 2 rings (SSSR count). The predicted molar refractivity (Wildman–Crippen MR) is 82.4 cm³/mol. The van der Waals surface area contributed by atoms with Crippen molar-refractivity contribution in [3.8, 4) is 0 Å². The molecule has 1 saturated carbocycles. The molecule has 0 bridgehead atoms. The molecule has 0 aliphatic heterocycles. The maximum Gasteiger partial charge on any atom is 0.233 e. The SMILES string of the molecule is O=C(CC(=O)NC1CCCCC1)Nc1ccc(Br)cc1. The topological polar surface area (TPSA) is 58.2 Å². The second-order valence-electron chi connectivity index (χ2n) is 5.13. The molecule has 0 radical (unpaired) electrons. The molecule has 0 saturated heterocycles. The summed E-state index contributed by atoms with van der Waals surface area (Å²) in [5.41, 5.74) is 0.698. The van der Waals surface area contributed by atoms with Gasteiger partial charge in [0.1, 0.15) is 6.42 Å². The molecule has 108 valence electrons. The van der Waals surface area contributed by atoms with Crippen molar-refractivity contribution in [1.29, 1.82) is 0 Å². The summed E-state index contributed by atoms with van der Waals surface area (Å²) in [6, 6.07) is 7.52. The third kappa shape index (κ3) is 4.96. The van der Waals surface area contributed by atoms with E-state index in [1.165, 1.54) is 6.42 Å². The van der Waals surface area contributed by atoms with E-state index < -0.39 is 0 Å². The van der Waals surface area contributed by atoms with Gasteiger partial charge in [0.15, 0.2) is 0 Å². The van der Waals surface area contributed by atoms with Gasteiger partial charge >= 0.3 is 0 Å². The Morgan fingerprint density at radius 1 is 1.05 bits per heavy atom. The second kappa shape index (κ2) is 7.43. The molecule has 4 nitrogen and oxygen atoms in total. The zero-order valence-corrected chi connectivity index (χ0v) is 12.9. The molecule has 0 heterocycles. The van der Waals surface area contributed by atoms with Crippen molar-refractivity contribution in [2.24, 2.45) is 0 Å². The Balaban J connectivity index is 1.75. The Kier molecular flexibility index (Phi) is 5.59. The largest absolute Gasteiger partial charge is 0.353 e. The number of hydrogen-bond donors (Lipinski definition) is 2. The fourth-order valence-corrected chi connectivity index (χ4v) is 2.67. The van der Waals surface area contributed by atoms with E-state index in [2.05, 4.69) is 26.6 Å². The normalized spacial score (nSPS) is 15.7. The number of amides is 2. The average Bonchev–Trinajstić information content (AvgIpc) is 2.42. The van der Waals surface area contributed by atoms with Crippen LogP contribution in [0.3, 0.4) is 0 Å². The fraction of sp³-hybridized carbons (Fsp3) is 0.467. The third-order valence-electron chi connectivity index (χ3n) is 3.42. The van der Waals surface area contributed by atoms with Crippen molar-refractivity contribution in [2.75, 3.05) is 5.32 Å². The molecule has 1 aliphatic carbocycles. The van der Waals surface area contributed by atoms with Crippen LogP contribution in [-0.4, -0.2) is 17.9 Å². The van der Waals surface area contributed by atoms with Gasteiger partial charge in [-0.1, -0.05) is 35.2 Å². The Morgan fingerprint density at radius 2 is 1.70 bits per heavy atom. The molecule has 0 aromatic heterocycles. The molecule has 1 fully saturated rings. The van der Waals surface area contributed by atoms with E-state index in [1.54, 1.807) is 12.1 Å². The van der Waals surface area contributed by atoms with Gasteiger partial charge in [-0.05, 0) is 37.1 Å². The van der Waals surface area contributed by atoms with E-state index in [4.69, 9.17) is 0 Å². The van der Waals surface area contributed by atoms with Crippen LogP contribution >= 0.6 is 15.9 Å². The number of nitrogens with one attached hydrogen (secondary N) is 2. The van der Waals surface area contributed by atoms with Gasteiger partial charge in [-0.3, -0.25) is 9.59 Å². The summed E-state index contributed by atoms with van der Waals surface area (Å²) in [5.74, 6) is -0.466. The number of carbonyl (C=O) groups excluding carboxylic acids is 2. The smallest absolute Gasteiger partial charge is 0.233 e. The number of halogens is 1. The maximum atomic E-state index is 11.8. The number of hydrogen-bond acceptors (Lipinski definition) is 2. The lowest BCUT2D eigenvalue weighted by atomic mass is 9.95. The minimum atomic E-state index is -0.277. The Hall–Kier alpha value is -1.36. The Bertz CT molecular complexity index is 467. The molecule has 1 aromatic rings. The van der Waals surface area contributed by atoms with Crippen molar-refractivity contribution in [3.63, 3.8) is 0 Å². The number of carbonyl (C=O) groups is 2. The summed E-state index contributed by atoms with van der Waals surface area (Å²) in [5, 5.41) is 5.65. The quantitative estimate of drug-likeness (QED) is 0.828. The van der Waals surface area contributed by atoms with Crippen LogP contribution in [0, 0.1) is 0 Å². The van der Waals surface area contributed by atoms with Crippen LogP contribution in [0.2, 0.25) is 0 Å². The van der Waals surface area contributed by atoms with Gasteiger partial charge in [-0.25, -0.2) is 0 Å². The summed E-state index contributed by atoms with van der Waals surface area (Å²) in [7, 11) is 0. The van der Waals surface area contributed by atoms with E-state index in [9.17, 15) is 9.59 Å². The number of anilines is 1. The molecular formula is C15H19BrN2O2. The lowest BCUT2D eigenvalue weighted by Gasteiger charge is -2.22. The van der Waals surface area contributed by atoms with Gasteiger partial charge in [0.05, 0.1) is 0 Å². The summed E-state index contributed by atoms with van der Waals surface area (Å²) in [6.45, 7) is 0. The molecule has 2 N–H and O–H groups in total. The van der Waals surface area contributed by atoms with Crippen LogP contribution in [0.1, 0.15) is 38.5 Å². The summed E-state index contributed by atoms with van der Waals surface area (Å²) in [6.07, 6.45) is 5.51. The number of benzene rings is 1. The highest BCUT2D eigenvalue weighted by Crippen LogP contribution is 2.17. The molecule has 20 heavy (non-hydrogen) atoms. The van der Waals surface area contributed by atoms with Crippen molar-refractivity contribution in [1.82, 2.24) is 5.32 Å². The first-order valence-corrected chi connectivity index (χ1v) is 7.77. The van der Waals surface area contributed by atoms with Gasteiger partial charge in [-0.15, -0.1) is 0 Å². The van der Waals surface area contributed by atoms with Crippen LogP contribution in [0.4, 0.5) is 5.69 Å². The summed E-state index contributed by atoms with van der Waals surface area (Å²) >= 11 is 3.33. The Labute approximate surface area is 127 Å². The first-order valence-electron chi connectivity index (χ1n) is 6.98. The molecule has 5 heteroatoms. The standard InChI is InChI=1S/C15H19BrN2O2/c16-11-6-8-13(9-7-11)18-15(20)10-14(19)17-12-4-2-1-3-5-12/h6-9,12H,1-5,10H2,(H,17,19)(H,18,20). The van der Waals surface area contributed by atoms with Crippen molar-refractivity contribution < 1.29 is 9.59 Å². The zero-order chi connectivity index (χ0) is 14.4. The van der Waals surface area contributed by atoms with Crippen LogP contribution in [0.15, 0.2) is 28.7 Å². The molecule has 0 atom stereocenters. The fourth-order valence-electron chi connectivity index (χ4n) is 2.41. The zero-order valence-electron chi connectivity index (χ0n) is 11.3. The average molecular weight is 339 g/mol. The first kappa shape index (κ1) is 15.0. The lowest BCUT2D eigenvalue weighted by Crippen LogP contribution is -2.37. The summed E-state index contributed by atoms with van der Waals surface area (Å²) in [4.78, 5) is 23.6. The maximum absolute atomic E-state index is 11.8. The van der Waals surface area contributed by atoms with Crippen LogP contribution in [0.25, 0.3) is 0 Å². The van der Waals surface area contributed by atoms with E-state index in [0.29, 0.717) is 5.69 Å². The summed E-state index contributed by atoms with van der Waals surface area (Å²) < 4.78 is 0.950. The van der Waals surface area contributed by atoms with Crippen LogP contribution in [0.5, 0.6) is 0 Å². The number of rotatable bonds is 4. The highest BCUT2D eigenvalue weighted by atomic mass is 79.9. The molecule has 1 aliphatic rings. The van der Waals surface area contributed by atoms with Crippen molar-refractivity contribution >= 4 is 33.4 Å². The van der Waals surface area contributed by atoms with Gasteiger partial charge in [-0.2, -0.15) is 0 Å². The van der Waals surface area contributed by atoms with Gasteiger partial charge in [0.2, 0.25) is 11.8 Å². The van der Waals surface area contributed by atoms with E-state index in [1.807, 2.05) is 12.1 Å². The molecule has 0 spiro atoms. The molecular weight excluding hydrogens is 320 g/mol. The van der Waals surface area contributed by atoms with Gasteiger partial charge in [0, 0.05) is 16.2 Å². The third-order valence-corrected chi connectivity index (χ3v) is 3.95. The van der Waals surface area contributed by atoms with Crippen LogP contribution in [-0.2, 0) is 9.59 Å². The molecule has 2 amide bonds. The highest BCUT2D eigenvalue weighted by Gasteiger charge is 2.17. The second-order valence-corrected chi connectivity index (χ2v) is 6.05. The highest BCUT2D eigenvalue weighted by molar-refractivity contribution is 9.10. The van der Waals surface area contributed by atoms with E-state index in [0.717, 1.165) is 30.2 Å². The molecule has 1 aromatic carbocycles. The Morgan fingerprint density at radius 3 is 2.35 bits per heavy atom. The minimum Gasteiger partial charge on any atom is -0.353 e. The lowest BCUT2D eigenvalue weighted by molar-refractivity contribution is -0.127. The van der Waals surface area contributed by atoms with E-state index >= 15 is 0 Å². The molecule has 0 unspecified atom stereocenters. The van der Waals surface area contributed by atoms with Gasteiger partial charge in [0.25, 0.3) is 0 Å². The van der Waals surface area contributed by atoms with Crippen LogP contribution < -0.4 is 10.6 Å². The predicted octanol–water partition coefficient (Wildman–Crippen LogP) is 3.23. The van der Waals surface area contributed by atoms with Crippen molar-refractivity contribution in [2.45, 2.75) is 44.6 Å². The minimum absolute atomic E-state index is 0.118. The van der Waals surface area contributed by atoms with Crippen molar-refractivity contribution in [3.05, 3.63) is 28.7 Å².